The van der Waals surface area contributed by atoms with Gasteiger partial charge < -0.3 is 0 Å². The number of hydrogen-bond acceptors (Lipinski definition) is 7. The van der Waals surface area contributed by atoms with Crippen molar-refractivity contribution in [3.8, 4) is 21.8 Å². The molecule has 4 aromatic rings. The van der Waals surface area contributed by atoms with Crippen molar-refractivity contribution in [1.29, 1.82) is 0 Å². The van der Waals surface area contributed by atoms with Gasteiger partial charge in [-0.05, 0) is 30.3 Å². The van der Waals surface area contributed by atoms with Gasteiger partial charge in [0.25, 0.3) is 15.7 Å². The number of aromatic nitrogens is 2. The van der Waals surface area contributed by atoms with Gasteiger partial charge in [-0.15, -0.1) is 11.3 Å². The number of nitrogens with zero attached hydrogens (tertiary/aromatic N) is 3. The molecule has 0 bridgehead atoms. The molecule has 0 radical (unpaired) electrons. The SMILES string of the molecule is O=[N+]([O-])c1ccccc1S(=O)(=O)Nc1ccc(-c2csc(-c3ccncc3)n2)cc1. The van der Waals surface area contributed by atoms with Gasteiger partial charge in [-0.3, -0.25) is 19.8 Å². The quantitative estimate of drug-likeness (QED) is 0.348. The Morgan fingerprint density at radius 1 is 0.933 bits per heavy atom. The number of thiazole rings is 1. The van der Waals surface area contributed by atoms with Crippen LogP contribution < -0.4 is 4.72 Å². The Hall–Kier alpha value is -3.63. The van der Waals surface area contributed by atoms with E-state index in [2.05, 4.69) is 14.7 Å². The van der Waals surface area contributed by atoms with Gasteiger partial charge in [-0.1, -0.05) is 24.3 Å². The van der Waals surface area contributed by atoms with Gasteiger partial charge in [-0.2, -0.15) is 0 Å². The lowest BCUT2D eigenvalue weighted by Crippen LogP contribution is -2.14. The van der Waals surface area contributed by atoms with E-state index in [4.69, 9.17) is 0 Å². The first-order valence-corrected chi connectivity index (χ1v) is 11.0. The summed E-state index contributed by atoms with van der Waals surface area (Å²) in [5, 5.41) is 13.9. The van der Waals surface area contributed by atoms with Crippen molar-refractivity contribution in [2.45, 2.75) is 4.90 Å². The van der Waals surface area contributed by atoms with Crippen LogP contribution in [0.4, 0.5) is 11.4 Å². The van der Waals surface area contributed by atoms with Crippen molar-refractivity contribution >= 4 is 32.7 Å². The summed E-state index contributed by atoms with van der Waals surface area (Å²) in [4.78, 5) is 18.6. The summed E-state index contributed by atoms with van der Waals surface area (Å²) in [6.07, 6.45) is 3.41. The minimum atomic E-state index is -4.11. The minimum absolute atomic E-state index is 0.293. The molecule has 2 heterocycles. The van der Waals surface area contributed by atoms with E-state index in [1.165, 1.54) is 29.5 Å². The van der Waals surface area contributed by atoms with Crippen LogP contribution >= 0.6 is 11.3 Å². The van der Waals surface area contributed by atoms with Crippen molar-refractivity contribution in [3.63, 3.8) is 0 Å². The minimum Gasteiger partial charge on any atom is -0.279 e. The zero-order chi connectivity index (χ0) is 21.1. The molecule has 0 fully saturated rings. The molecule has 0 atom stereocenters. The first-order chi connectivity index (χ1) is 14.4. The Morgan fingerprint density at radius 2 is 1.63 bits per heavy atom. The lowest BCUT2D eigenvalue weighted by Gasteiger charge is -2.09. The summed E-state index contributed by atoms with van der Waals surface area (Å²) in [6.45, 7) is 0. The maximum Gasteiger partial charge on any atom is 0.289 e. The van der Waals surface area contributed by atoms with Crippen LogP contribution in [0.5, 0.6) is 0 Å². The van der Waals surface area contributed by atoms with Crippen LogP contribution in [0.2, 0.25) is 0 Å². The van der Waals surface area contributed by atoms with E-state index in [1.54, 1.807) is 36.7 Å². The Morgan fingerprint density at radius 3 is 2.33 bits per heavy atom. The zero-order valence-electron chi connectivity index (χ0n) is 15.3. The molecule has 4 rings (SSSR count). The van der Waals surface area contributed by atoms with Crippen molar-refractivity contribution in [1.82, 2.24) is 9.97 Å². The van der Waals surface area contributed by atoms with Gasteiger partial charge in [0.05, 0.1) is 10.6 Å². The predicted molar refractivity (Wildman–Crippen MR) is 115 cm³/mol. The Labute approximate surface area is 176 Å². The van der Waals surface area contributed by atoms with Gasteiger partial charge in [-0.25, -0.2) is 13.4 Å². The molecular weight excluding hydrogens is 424 g/mol. The van der Waals surface area contributed by atoms with Gasteiger partial charge in [0.2, 0.25) is 0 Å². The molecule has 0 amide bonds. The maximum atomic E-state index is 12.6. The number of benzene rings is 2. The van der Waals surface area contributed by atoms with E-state index in [9.17, 15) is 18.5 Å². The highest BCUT2D eigenvalue weighted by molar-refractivity contribution is 7.92. The molecule has 0 aliphatic carbocycles. The molecule has 1 N–H and O–H groups in total. The summed E-state index contributed by atoms with van der Waals surface area (Å²) in [7, 11) is -4.11. The van der Waals surface area contributed by atoms with Crippen LogP contribution in [0.1, 0.15) is 0 Å². The van der Waals surface area contributed by atoms with Gasteiger partial charge in [0, 0.05) is 40.7 Å². The standard InChI is InChI=1S/C20H14N4O4S2/c25-24(26)18-3-1-2-4-19(18)30(27,28)23-16-7-5-14(6-8-16)17-13-29-20(22-17)15-9-11-21-12-10-15/h1-13,23H. The molecule has 0 spiro atoms. The van der Waals surface area contributed by atoms with Crippen LogP contribution in [0.3, 0.4) is 0 Å². The lowest BCUT2D eigenvalue weighted by molar-refractivity contribution is -0.387. The number of pyridine rings is 1. The smallest absolute Gasteiger partial charge is 0.279 e. The third-order valence-electron chi connectivity index (χ3n) is 4.22. The highest BCUT2D eigenvalue weighted by Gasteiger charge is 2.25. The third kappa shape index (κ3) is 4.04. The maximum absolute atomic E-state index is 12.6. The summed E-state index contributed by atoms with van der Waals surface area (Å²) in [6, 6.07) is 15.6. The molecule has 2 aromatic carbocycles. The third-order valence-corrected chi connectivity index (χ3v) is 6.54. The molecule has 0 saturated heterocycles. The summed E-state index contributed by atoms with van der Waals surface area (Å²) >= 11 is 1.50. The Bertz CT molecular complexity index is 1300. The second-order valence-electron chi connectivity index (χ2n) is 6.18. The fraction of sp³-hybridized carbons (Fsp3) is 0. The molecule has 0 aliphatic rings. The number of nitrogens with one attached hydrogen (secondary N) is 1. The number of rotatable bonds is 6. The first-order valence-electron chi connectivity index (χ1n) is 8.67. The highest BCUT2D eigenvalue weighted by Crippen LogP contribution is 2.30. The molecule has 0 unspecified atom stereocenters. The van der Waals surface area contributed by atoms with Crippen LogP contribution in [-0.2, 0) is 10.0 Å². The summed E-state index contributed by atoms with van der Waals surface area (Å²) in [5.41, 5.74) is 2.37. The zero-order valence-corrected chi connectivity index (χ0v) is 16.9. The fourth-order valence-corrected chi connectivity index (χ4v) is 4.86. The van der Waals surface area contributed by atoms with E-state index < -0.39 is 20.6 Å². The molecule has 30 heavy (non-hydrogen) atoms. The van der Waals surface area contributed by atoms with E-state index in [-0.39, 0.29) is 4.90 Å². The number of hydrogen-bond donors (Lipinski definition) is 1. The summed E-state index contributed by atoms with van der Waals surface area (Å²) < 4.78 is 27.6. The van der Waals surface area contributed by atoms with Crippen molar-refractivity contribution < 1.29 is 13.3 Å². The average molecular weight is 438 g/mol. The topological polar surface area (TPSA) is 115 Å². The second-order valence-corrected chi connectivity index (χ2v) is 8.69. The van der Waals surface area contributed by atoms with Crippen LogP contribution in [0.25, 0.3) is 21.8 Å². The monoisotopic (exact) mass is 438 g/mol. The molecule has 2 aromatic heterocycles. The Balaban J connectivity index is 1.56. The number of nitro benzene ring substituents is 1. The normalized spacial score (nSPS) is 11.2. The number of anilines is 1. The number of nitro groups is 1. The first kappa shape index (κ1) is 19.7. The second kappa shape index (κ2) is 8.01. The molecule has 0 saturated carbocycles. The largest absolute Gasteiger partial charge is 0.289 e. The van der Waals surface area contributed by atoms with Crippen LogP contribution in [0.15, 0.2) is 83.3 Å². The van der Waals surface area contributed by atoms with Crippen molar-refractivity contribution in [3.05, 3.63) is 88.6 Å². The van der Waals surface area contributed by atoms with Crippen molar-refractivity contribution in [2.24, 2.45) is 0 Å². The molecular formula is C20H14N4O4S2. The van der Waals surface area contributed by atoms with Gasteiger partial charge in [0.1, 0.15) is 5.01 Å². The van der Waals surface area contributed by atoms with Gasteiger partial charge >= 0.3 is 0 Å². The van der Waals surface area contributed by atoms with Crippen LogP contribution in [-0.4, -0.2) is 23.3 Å². The molecule has 8 nitrogen and oxygen atoms in total. The predicted octanol–water partition coefficient (Wildman–Crippen LogP) is 4.58. The van der Waals surface area contributed by atoms with Crippen molar-refractivity contribution in [2.75, 3.05) is 4.72 Å². The molecule has 0 aliphatic heterocycles. The van der Waals surface area contributed by atoms with Crippen LogP contribution in [0, 0.1) is 10.1 Å². The molecule has 150 valence electrons. The lowest BCUT2D eigenvalue weighted by atomic mass is 10.1. The number of sulfonamides is 1. The van der Waals surface area contributed by atoms with E-state index in [1.807, 2.05) is 17.5 Å². The number of para-hydroxylation sites is 1. The molecule has 10 heteroatoms. The Kier molecular flexibility index (Phi) is 5.25. The highest BCUT2D eigenvalue weighted by atomic mass is 32.2. The fourth-order valence-electron chi connectivity index (χ4n) is 2.79. The van der Waals surface area contributed by atoms with E-state index >= 15 is 0 Å². The van der Waals surface area contributed by atoms with E-state index in [0.29, 0.717) is 5.69 Å². The average Bonchev–Trinajstić information content (AvgIpc) is 3.25. The summed E-state index contributed by atoms with van der Waals surface area (Å²) in [5.74, 6) is 0. The van der Waals surface area contributed by atoms with E-state index in [0.717, 1.165) is 27.9 Å². The van der Waals surface area contributed by atoms with Gasteiger partial charge in [0.15, 0.2) is 4.90 Å².